The second-order valence-corrected chi connectivity index (χ2v) is 1.78. The van der Waals surface area contributed by atoms with Crippen LogP contribution < -0.4 is 16.4 Å². The van der Waals surface area contributed by atoms with Crippen LogP contribution >= 0.6 is 11.9 Å². The van der Waals surface area contributed by atoms with Crippen molar-refractivity contribution in [3.63, 3.8) is 0 Å². The van der Waals surface area contributed by atoms with Crippen molar-refractivity contribution in [1.29, 1.82) is 0 Å². The Labute approximate surface area is 41.6 Å². The molecular formula is C2H9N3S. The molecule has 1 saturated heterocycles. The summed E-state index contributed by atoms with van der Waals surface area (Å²) < 4.78 is 0. The topological polar surface area (TPSA) is 59.1 Å². The molecule has 0 spiro atoms. The summed E-state index contributed by atoms with van der Waals surface area (Å²) in [5, 5.41) is 0. The summed E-state index contributed by atoms with van der Waals surface area (Å²) in [7, 11) is 0. The number of hydrazine groups is 1. The smallest absolute Gasteiger partial charge is 0.0231 e. The fourth-order valence-electron chi connectivity index (χ4n) is 0.255. The molecule has 0 aromatic heterocycles. The van der Waals surface area contributed by atoms with E-state index in [9.17, 15) is 0 Å². The highest BCUT2D eigenvalue weighted by atomic mass is 32.2. The van der Waals surface area contributed by atoms with Gasteiger partial charge < -0.3 is 6.15 Å². The van der Waals surface area contributed by atoms with Gasteiger partial charge in [-0.25, -0.2) is 10.3 Å². The van der Waals surface area contributed by atoms with Gasteiger partial charge in [-0.2, -0.15) is 0 Å². The Morgan fingerprint density at radius 1 is 1.50 bits per heavy atom. The molecule has 0 aliphatic carbocycles. The number of hydrogen-bond acceptors (Lipinski definition) is 4. The first-order chi connectivity index (χ1) is 2.50. The summed E-state index contributed by atoms with van der Waals surface area (Å²) >= 11 is 1.71. The molecule has 0 aromatic rings. The van der Waals surface area contributed by atoms with E-state index in [1.807, 2.05) is 0 Å². The Kier molecular flexibility index (Phi) is 3.55. The average molecular weight is 107 g/mol. The van der Waals surface area contributed by atoms with Crippen LogP contribution in [0.15, 0.2) is 0 Å². The van der Waals surface area contributed by atoms with Gasteiger partial charge in [0, 0.05) is 12.3 Å². The number of nitrogens with one attached hydrogen (secondary N) is 2. The van der Waals surface area contributed by atoms with Gasteiger partial charge in [0.05, 0.1) is 0 Å². The van der Waals surface area contributed by atoms with Crippen LogP contribution in [0.5, 0.6) is 0 Å². The van der Waals surface area contributed by atoms with Gasteiger partial charge in [0.15, 0.2) is 0 Å². The maximum atomic E-state index is 2.94. The molecule has 38 valence electrons. The van der Waals surface area contributed by atoms with E-state index in [4.69, 9.17) is 0 Å². The zero-order valence-electron chi connectivity index (χ0n) is 3.53. The van der Waals surface area contributed by atoms with Crippen molar-refractivity contribution in [2.45, 2.75) is 0 Å². The highest BCUT2D eigenvalue weighted by Gasteiger charge is 1.92. The van der Waals surface area contributed by atoms with E-state index in [0.717, 1.165) is 6.54 Å². The van der Waals surface area contributed by atoms with Crippen LogP contribution in [0.2, 0.25) is 0 Å². The van der Waals surface area contributed by atoms with Crippen LogP contribution in [0.1, 0.15) is 0 Å². The Balaban J connectivity index is 0.000000250. The van der Waals surface area contributed by atoms with Crippen molar-refractivity contribution in [1.82, 2.24) is 16.4 Å². The van der Waals surface area contributed by atoms with Crippen LogP contribution in [0.4, 0.5) is 0 Å². The molecule has 4 heteroatoms. The van der Waals surface area contributed by atoms with Crippen molar-refractivity contribution < 1.29 is 0 Å². The quantitative estimate of drug-likeness (QED) is 0.378. The maximum absolute atomic E-state index is 2.94. The first kappa shape index (κ1) is 6.23. The van der Waals surface area contributed by atoms with Gasteiger partial charge >= 0.3 is 0 Å². The van der Waals surface area contributed by atoms with E-state index in [2.05, 4.69) is 10.3 Å². The minimum Gasteiger partial charge on any atom is -0.344 e. The molecule has 0 saturated carbocycles. The van der Waals surface area contributed by atoms with E-state index >= 15 is 0 Å². The molecule has 0 radical (unpaired) electrons. The molecule has 5 N–H and O–H groups in total. The zero-order valence-corrected chi connectivity index (χ0v) is 4.35. The molecule has 1 aliphatic rings. The molecule has 6 heavy (non-hydrogen) atoms. The average Bonchev–Trinajstić information content (AvgIpc) is 1.76. The molecule has 1 fully saturated rings. The van der Waals surface area contributed by atoms with Gasteiger partial charge in [0.25, 0.3) is 0 Å². The minimum absolute atomic E-state index is 0. The Morgan fingerprint density at radius 3 is 2.50 bits per heavy atom. The lowest BCUT2D eigenvalue weighted by atomic mass is 10.8. The first-order valence-corrected chi connectivity index (χ1v) is 2.58. The minimum atomic E-state index is 0. The monoisotopic (exact) mass is 107 g/mol. The van der Waals surface area contributed by atoms with Crippen molar-refractivity contribution in [3.05, 3.63) is 0 Å². The second kappa shape index (κ2) is 3.42. The molecule has 1 heterocycles. The summed E-state index contributed by atoms with van der Waals surface area (Å²) in [5.74, 6) is 1.19. The highest BCUT2D eigenvalue weighted by Crippen LogP contribution is 1.91. The maximum Gasteiger partial charge on any atom is 0.0231 e. The van der Waals surface area contributed by atoms with Crippen LogP contribution in [-0.4, -0.2) is 12.3 Å². The van der Waals surface area contributed by atoms with Crippen molar-refractivity contribution in [2.75, 3.05) is 12.3 Å². The molecule has 0 aromatic carbocycles. The van der Waals surface area contributed by atoms with Crippen molar-refractivity contribution in [3.8, 4) is 0 Å². The van der Waals surface area contributed by atoms with Gasteiger partial charge in [-0.15, -0.1) is 0 Å². The lowest BCUT2D eigenvalue weighted by molar-refractivity contribution is 0.765. The third kappa shape index (κ3) is 1.61. The fourth-order valence-corrected chi connectivity index (χ4v) is 0.765. The van der Waals surface area contributed by atoms with Gasteiger partial charge in [0.1, 0.15) is 0 Å². The SMILES string of the molecule is C1CSNN1.N. The Bertz CT molecular complexity index is 20.4. The van der Waals surface area contributed by atoms with Crippen molar-refractivity contribution in [2.24, 2.45) is 0 Å². The van der Waals surface area contributed by atoms with Gasteiger partial charge in [0.2, 0.25) is 0 Å². The molecule has 0 unspecified atom stereocenters. The van der Waals surface area contributed by atoms with Crippen LogP contribution in [0, 0.1) is 0 Å². The van der Waals surface area contributed by atoms with E-state index in [-0.39, 0.29) is 6.15 Å². The zero-order chi connectivity index (χ0) is 3.54. The second-order valence-electron chi connectivity index (χ2n) is 0.877. The summed E-state index contributed by atoms with van der Waals surface area (Å²) in [5.41, 5.74) is 2.94. The molecule has 1 aliphatic heterocycles. The molecule has 1 rings (SSSR count). The molecule has 0 bridgehead atoms. The fraction of sp³-hybridized carbons (Fsp3) is 1.00. The van der Waals surface area contributed by atoms with Crippen LogP contribution in [0.25, 0.3) is 0 Å². The van der Waals surface area contributed by atoms with Crippen LogP contribution in [-0.2, 0) is 0 Å². The molecular weight excluding hydrogens is 98.1 g/mol. The third-order valence-electron chi connectivity index (χ3n) is 0.473. The molecule has 3 nitrogen and oxygen atoms in total. The predicted octanol–water partition coefficient (Wildman–Crippen LogP) is -0.0956. The number of hydrogen-bond donors (Lipinski definition) is 3. The lowest BCUT2D eigenvalue weighted by Gasteiger charge is -1.79. The predicted molar refractivity (Wildman–Crippen MR) is 28.6 cm³/mol. The summed E-state index contributed by atoms with van der Waals surface area (Å²) in [6.45, 7) is 1.10. The summed E-state index contributed by atoms with van der Waals surface area (Å²) in [6, 6.07) is 0. The summed E-state index contributed by atoms with van der Waals surface area (Å²) in [6.07, 6.45) is 0. The van der Waals surface area contributed by atoms with E-state index < -0.39 is 0 Å². The third-order valence-corrected chi connectivity index (χ3v) is 1.17. The highest BCUT2D eigenvalue weighted by molar-refractivity contribution is 7.97. The standard InChI is InChI=1S/C2H6N2S.H3N/c1-2-5-4-3-1;/h3-4H,1-2H2;1H3. The van der Waals surface area contributed by atoms with Crippen LogP contribution in [0.3, 0.4) is 0 Å². The Hall–Kier alpha value is 0.230. The Morgan fingerprint density at radius 2 is 2.33 bits per heavy atom. The first-order valence-electron chi connectivity index (χ1n) is 1.60. The van der Waals surface area contributed by atoms with Crippen molar-refractivity contribution >= 4 is 11.9 Å². The number of rotatable bonds is 0. The van der Waals surface area contributed by atoms with Gasteiger partial charge in [-0.05, 0) is 0 Å². The van der Waals surface area contributed by atoms with Gasteiger partial charge in [-0.1, -0.05) is 11.9 Å². The largest absolute Gasteiger partial charge is 0.344 e. The summed E-state index contributed by atoms with van der Waals surface area (Å²) in [4.78, 5) is 2.89. The normalized spacial score (nSPS) is 20.0. The van der Waals surface area contributed by atoms with Gasteiger partial charge in [-0.3, -0.25) is 0 Å². The molecule has 0 amide bonds. The van der Waals surface area contributed by atoms with E-state index in [1.165, 1.54) is 5.75 Å². The van der Waals surface area contributed by atoms with E-state index in [0.29, 0.717) is 0 Å². The van der Waals surface area contributed by atoms with E-state index in [1.54, 1.807) is 11.9 Å². The molecule has 0 atom stereocenters. The lowest BCUT2D eigenvalue weighted by Crippen LogP contribution is -2.16.